The summed E-state index contributed by atoms with van der Waals surface area (Å²) in [6.45, 7) is 0. The first-order valence-corrected chi connectivity index (χ1v) is 18.2. The Kier molecular flexibility index (Phi) is 7.81. The molecule has 3 heteroatoms. The second-order valence-corrected chi connectivity index (χ2v) is 13.7. The molecule has 0 N–H and O–H groups in total. The van der Waals surface area contributed by atoms with E-state index in [1.54, 1.807) is 0 Å². The van der Waals surface area contributed by atoms with Crippen molar-refractivity contribution in [2.24, 2.45) is 0 Å². The first kappa shape index (κ1) is 31.5. The maximum atomic E-state index is 5.07. The molecule has 54 heavy (non-hydrogen) atoms. The summed E-state index contributed by atoms with van der Waals surface area (Å²) in [6.07, 6.45) is 3.65. The lowest BCUT2D eigenvalue weighted by atomic mass is 9.92. The van der Waals surface area contributed by atoms with Crippen molar-refractivity contribution in [2.45, 2.75) is 0 Å². The SMILES string of the molecule is c1ccc(-c2nc(-c3ccc(-c4ccc(-c5cccc6c5ccc5cc7ccccc7cc56)cc4)cc3)cc(-c3cccc(-c4ccncc4)c3)n2)cc1. The van der Waals surface area contributed by atoms with Crippen LogP contribution in [0.2, 0.25) is 0 Å². The van der Waals surface area contributed by atoms with E-state index in [-0.39, 0.29) is 0 Å². The van der Waals surface area contributed by atoms with Crippen LogP contribution in [-0.2, 0) is 0 Å². The Hall–Kier alpha value is -7.23. The summed E-state index contributed by atoms with van der Waals surface area (Å²) in [4.78, 5) is 14.3. The Morgan fingerprint density at radius 1 is 0.278 bits per heavy atom. The van der Waals surface area contributed by atoms with Gasteiger partial charge in [0.25, 0.3) is 0 Å². The summed E-state index contributed by atoms with van der Waals surface area (Å²) in [5, 5.41) is 7.63. The van der Waals surface area contributed by atoms with E-state index in [9.17, 15) is 0 Å². The average molecular weight is 688 g/mol. The largest absolute Gasteiger partial charge is 0.265 e. The lowest BCUT2D eigenvalue weighted by molar-refractivity contribution is 1.18. The molecule has 0 amide bonds. The van der Waals surface area contributed by atoms with Gasteiger partial charge in [-0.3, -0.25) is 4.98 Å². The number of fused-ring (bicyclic) bond motifs is 4. The zero-order chi connectivity index (χ0) is 35.8. The quantitative estimate of drug-likeness (QED) is 0.129. The summed E-state index contributed by atoms with van der Waals surface area (Å²) in [5.74, 6) is 0.701. The van der Waals surface area contributed by atoms with Gasteiger partial charge in [0.1, 0.15) is 0 Å². The third-order valence-electron chi connectivity index (χ3n) is 10.4. The number of rotatable bonds is 6. The lowest BCUT2D eigenvalue weighted by Crippen LogP contribution is -1.96. The molecule has 10 rings (SSSR count). The number of aromatic nitrogens is 3. The molecule has 3 nitrogen and oxygen atoms in total. The van der Waals surface area contributed by atoms with Crippen molar-refractivity contribution in [3.8, 4) is 67.3 Å². The van der Waals surface area contributed by atoms with E-state index in [1.807, 2.05) is 42.7 Å². The van der Waals surface area contributed by atoms with Crippen LogP contribution in [0.1, 0.15) is 0 Å². The van der Waals surface area contributed by atoms with Crippen LogP contribution in [0.25, 0.3) is 99.6 Å². The minimum atomic E-state index is 0.701. The summed E-state index contributed by atoms with van der Waals surface area (Å²) in [5.41, 5.74) is 11.8. The van der Waals surface area contributed by atoms with Crippen molar-refractivity contribution in [3.63, 3.8) is 0 Å². The van der Waals surface area contributed by atoms with Crippen molar-refractivity contribution in [3.05, 3.63) is 200 Å². The van der Waals surface area contributed by atoms with Crippen molar-refractivity contribution in [2.75, 3.05) is 0 Å². The van der Waals surface area contributed by atoms with Crippen molar-refractivity contribution in [1.29, 1.82) is 0 Å². The van der Waals surface area contributed by atoms with Crippen molar-refractivity contribution >= 4 is 32.3 Å². The molecule has 0 saturated heterocycles. The predicted octanol–water partition coefficient (Wildman–Crippen LogP) is 13.3. The Labute approximate surface area is 313 Å². The van der Waals surface area contributed by atoms with Crippen molar-refractivity contribution < 1.29 is 0 Å². The smallest absolute Gasteiger partial charge is 0.160 e. The molecule has 0 atom stereocenters. The van der Waals surface area contributed by atoms with Gasteiger partial charge in [0, 0.05) is 29.1 Å². The fourth-order valence-corrected chi connectivity index (χ4v) is 7.57. The van der Waals surface area contributed by atoms with Gasteiger partial charge in [0.2, 0.25) is 0 Å². The van der Waals surface area contributed by atoms with Gasteiger partial charge in [-0.2, -0.15) is 0 Å². The monoisotopic (exact) mass is 687 g/mol. The minimum Gasteiger partial charge on any atom is -0.265 e. The first-order valence-electron chi connectivity index (χ1n) is 18.2. The third kappa shape index (κ3) is 5.88. The highest BCUT2D eigenvalue weighted by Crippen LogP contribution is 2.36. The molecule has 0 aliphatic rings. The van der Waals surface area contributed by atoms with E-state index in [2.05, 4.69) is 163 Å². The second kappa shape index (κ2) is 13.4. The van der Waals surface area contributed by atoms with Crippen LogP contribution in [0.15, 0.2) is 200 Å². The molecule has 0 radical (unpaired) electrons. The standard InChI is InChI=1S/C51H33N3/c1-2-8-39(9-3-1)51-53-49(33-50(54-51)44-13-6-12-40(31-44)36-26-28-52-29-27-36)38-22-18-35(19-23-38)34-16-20-37(21-17-34)45-14-7-15-46-47(45)25-24-43-30-41-10-4-5-11-42(41)32-48(43)46/h1-33H. The summed E-state index contributed by atoms with van der Waals surface area (Å²) in [7, 11) is 0. The highest BCUT2D eigenvalue weighted by Gasteiger charge is 2.13. The predicted molar refractivity (Wildman–Crippen MR) is 225 cm³/mol. The number of hydrogen-bond acceptors (Lipinski definition) is 3. The van der Waals surface area contributed by atoms with E-state index in [1.165, 1.54) is 49.0 Å². The number of hydrogen-bond donors (Lipinski definition) is 0. The van der Waals surface area contributed by atoms with Crippen LogP contribution in [-0.4, -0.2) is 15.0 Å². The van der Waals surface area contributed by atoms with E-state index in [0.717, 1.165) is 44.8 Å². The maximum Gasteiger partial charge on any atom is 0.160 e. The van der Waals surface area contributed by atoms with Gasteiger partial charge in [0.05, 0.1) is 11.4 Å². The van der Waals surface area contributed by atoms with E-state index >= 15 is 0 Å². The third-order valence-corrected chi connectivity index (χ3v) is 10.4. The molecular weight excluding hydrogens is 655 g/mol. The minimum absolute atomic E-state index is 0.701. The van der Waals surface area contributed by atoms with Gasteiger partial charge >= 0.3 is 0 Å². The summed E-state index contributed by atoms with van der Waals surface area (Å²) < 4.78 is 0. The topological polar surface area (TPSA) is 38.7 Å². The molecule has 252 valence electrons. The highest BCUT2D eigenvalue weighted by molar-refractivity contribution is 6.15. The molecule has 0 bridgehead atoms. The fraction of sp³-hybridized carbons (Fsp3) is 0. The number of benzene rings is 8. The average Bonchev–Trinajstić information content (AvgIpc) is 3.26. The van der Waals surface area contributed by atoms with Gasteiger partial charge in [-0.05, 0) is 102 Å². The molecule has 0 aliphatic carbocycles. The molecule has 10 aromatic rings. The fourth-order valence-electron chi connectivity index (χ4n) is 7.57. The molecule has 0 aliphatic heterocycles. The molecule has 0 unspecified atom stereocenters. The van der Waals surface area contributed by atoms with E-state index < -0.39 is 0 Å². The molecule has 8 aromatic carbocycles. The van der Waals surface area contributed by atoms with E-state index in [4.69, 9.17) is 9.97 Å². The lowest BCUT2D eigenvalue weighted by Gasteiger charge is -2.12. The Bertz CT molecular complexity index is 2950. The summed E-state index contributed by atoms with van der Waals surface area (Å²) in [6, 6.07) is 66.9. The van der Waals surface area contributed by atoms with E-state index in [0.29, 0.717) is 5.82 Å². The zero-order valence-electron chi connectivity index (χ0n) is 29.4. The Morgan fingerprint density at radius 3 is 1.63 bits per heavy atom. The van der Waals surface area contributed by atoms with Gasteiger partial charge < -0.3 is 0 Å². The number of nitrogens with zero attached hydrogens (tertiary/aromatic N) is 3. The van der Waals surface area contributed by atoms with Crippen LogP contribution in [0.3, 0.4) is 0 Å². The van der Waals surface area contributed by atoms with Crippen LogP contribution in [0, 0.1) is 0 Å². The normalized spacial score (nSPS) is 11.3. The van der Waals surface area contributed by atoms with Crippen LogP contribution in [0.5, 0.6) is 0 Å². The van der Waals surface area contributed by atoms with Crippen LogP contribution >= 0.6 is 0 Å². The van der Waals surface area contributed by atoms with Gasteiger partial charge in [-0.15, -0.1) is 0 Å². The van der Waals surface area contributed by atoms with Gasteiger partial charge in [0.15, 0.2) is 5.82 Å². The van der Waals surface area contributed by atoms with Crippen LogP contribution in [0.4, 0.5) is 0 Å². The van der Waals surface area contributed by atoms with Gasteiger partial charge in [-0.1, -0.05) is 152 Å². The highest BCUT2D eigenvalue weighted by atomic mass is 14.9. The maximum absolute atomic E-state index is 5.07. The zero-order valence-corrected chi connectivity index (χ0v) is 29.4. The second-order valence-electron chi connectivity index (χ2n) is 13.7. The molecule has 0 fully saturated rings. The first-order chi connectivity index (χ1) is 26.7. The Balaban J connectivity index is 0.977. The van der Waals surface area contributed by atoms with Crippen LogP contribution < -0.4 is 0 Å². The molecule has 2 heterocycles. The summed E-state index contributed by atoms with van der Waals surface area (Å²) >= 11 is 0. The molecular formula is C51H33N3. The Morgan fingerprint density at radius 2 is 0.870 bits per heavy atom. The molecule has 2 aromatic heterocycles. The number of pyridine rings is 1. The molecule has 0 spiro atoms. The van der Waals surface area contributed by atoms with Gasteiger partial charge in [-0.25, -0.2) is 9.97 Å². The van der Waals surface area contributed by atoms with Crippen molar-refractivity contribution in [1.82, 2.24) is 15.0 Å². The molecule has 0 saturated carbocycles.